The highest BCUT2D eigenvalue weighted by Gasteiger charge is 2.32. The number of hydrogen-bond acceptors (Lipinski definition) is 5. The Bertz CT molecular complexity index is 816. The zero-order valence-corrected chi connectivity index (χ0v) is 14.2. The van der Waals surface area contributed by atoms with Crippen LogP contribution in [0, 0.1) is 28.6 Å². The van der Waals surface area contributed by atoms with E-state index < -0.39 is 11.5 Å². The molecule has 1 aromatic rings. The standard InChI is InChI=1S/C18H16ClN3O3/c1-18(24,11-25-15-6-2-12(9-20)3-7-15)17(23)22-14-5-4-13(10-21)16(19)8-14/h2,4-8,12,24H,3,11H2,1H3,(H,22,23)/t12?,18-/m0/s1. The Balaban J connectivity index is 1.95. The zero-order valence-electron chi connectivity index (χ0n) is 13.5. The van der Waals surface area contributed by atoms with Gasteiger partial charge in [-0.2, -0.15) is 10.5 Å². The first kappa shape index (κ1) is 18.5. The van der Waals surface area contributed by atoms with E-state index in [1.165, 1.54) is 25.1 Å². The second-order valence-electron chi connectivity index (χ2n) is 5.76. The number of anilines is 1. The van der Waals surface area contributed by atoms with Crippen LogP contribution in [0.15, 0.2) is 42.2 Å². The molecule has 128 valence electrons. The Morgan fingerprint density at radius 2 is 2.28 bits per heavy atom. The van der Waals surface area contributed by atoms with Crippen LogP contribution in [0.2, 0.25) is 5.02 Å². The van der Waals surface area contributed by atoms with Crippen molar-refractivity contribution in [3.63, 3.8) is 0 Å². The van der Waals surface area contributed by atoms with E-state index in [1.54, 1.807) is 18.2 Å². The molecule has 1 aliphatic rings. The molecule has 0 fully saturated rings. The van der Waals surface area contributed by atoms with Crippen LogP contribution in [0.1, 0.15) is 18.9 Å². The van der Waals surface area contributed by atoms with Gasteiger partial charge >= 0.3 is 0 Å². The van der Waals surface area contributed by atoms with Crippen molar-refractivity contribution < 1.29 is 14.6 Å². The van der Waals surface area contributed by atoms with E-state index in [9.17, 15) is 9.90 Å². The van der Waals surface area contributed by atoms with Crippen LogP contribution in [0.5, 0.6) is 0 Å². The molecule has 0 aromatic heterocycles. The van der Waals surface area contributed by atoms with Crippen LogP contribution < -0.4 is 5.32 Å². The molecule has 1 unspecified atom stereocenters. The average molecular weight is 358 g/mol. The van der Waals surface area contributed by atoms with Gasteiger partial charge in [-0.05, 0) is 43.7 Å². The first-order chi connectivity index (χ1) is 11.9. The van der Waals surface area contributed by atoms with Crippen molar-refractivity contribution in [3.05, 3.63) is 52.8 Å². The molecule has 0 heterocycles. The van der Waals surface area contributed by atoms with E-state index in [1.807, 2.05) is 6.07 Å². The molecule has 0 aliphatic heterocycles. The van der Waals surface area contributed by atoms with E-state index in [0.717, 1.165) is 0 Å². The Morgan fingerprint density at radius 3 is 2.84 bits per heavy atom. The first-order valence-electron chi connectivity index (χ1n) is 7.50. The number of nitrogens with zero attached hydrogens (tertiary/aromatic N) is 2. The summed E-state index contributed by atoms with van der Waals surface area (Å²) in [5.41, 5.74) is -1.12. The van der Waals surface area contributed by atoms with Crippen molar-refractivity contribution in [1.29, 1.82) is 10.5 Å². The maximum absolute atomic E-state index is 12.2. The van der Waals surface area contributed by atoms with Gasteiger partial charge in [0.1, 0.15) is 18.4 Å². The maximum Gasteiger partial charge on any atom is 0.259 e. The lowest BCUT2D eigenvalue weighted by Crippen LogP contribution is -2.44. The molecular formula is C18H16ClN3O3. The quantitative estimate of drug-likeness (QED) is 0.842. The second kappa shape index (κ2) is 7.85. The Hall–Kier alpha value is -2.80. The zero-order chi connectivity index (χ0) is 18.4. The minimum Gasteiger partial charge on any atom is -0.490 e. The van der Waals surface area contributed by atoms with E-state index in [4.69, 9.17) is 26.9 Å². The number of nitrogens with one attached hydrogen (secondary N) is 1. The van der Waals surface area contributed by atoms with Gasteiger partial charge in [-0.3, -0.25) is 4.79 Å². The van der Waals surface area contributed by atoms with Gasteiger partial charge in [0.15, 0.2) is 5.60 Å². The normalized spacial score (nSPS) is 18.3. The van der Waals surface area contributed by atoms with Crippen LogP contribution in [-0.2, 0) is 9.53 Å². The van der Waals surface area contributed by atoms with Crippen molar-refractivity contribution in [3.8, 4) is 12.1 Å². The monoisotopic (exact) mass is 357 g/mol. The molecule has 25 heavy (non-hydrogen) atoms. The number of aliphatic hydroxyl groups is 1. The smallest absolute Gasteiger partial charge is 0.259 e. The van der Waals surface area contributed by atoms with Gasteiger partial charge in [-0.15, -0.1) is 0 Å². The summed E-state index contributed by atoms with van der Waals surface area (Å²) in [6.45, 7) is 1.08. The number of rotatable bonds is 5. The highest BCUT2D eigenvalue weighted by atomic mass is 35.5. The Kier molecular flexibility index (Phi) is 5.82. The van der Waals surface area contributed by atoms with Crippen molar-refractivity contribution in [1.82, 2.24) is 0 Å². The molecule has 1 amide bonds. The van der Waals surface area contributed by atoms with Crippen molar-refractivity contribution in [2.75, 3.05) is 11.9 Å². The van der Waals surface area contributed by atoms with Crippen molar-refractivity contribution >= 4 is 23.2 Å². The number of carbonyl (C=O) groups is 1. The molecule has 2 N–H and O–H groups in total. The highest BCUT2D eigenvalue weighted by Crippen LogP contribution is 2.22. The van der Waals surface area contributed by atoms with Gasteiger partial charge in [0.2, 0.25) is 0 Å². The third kappa shape index (κ3) is 4.84. The summed E-state index contributed by atoms with van der Waals surface area (Å²) in [4.78, 5) is 12.2. The predicted octanol–water partition coefficient (Wildman–Crippen LogP) is 2.90. The fraction of sp³-hybridized carbons (Fsp3) is 0.278. The number of nitriles is 2. The van der Waals surface area contributed by atoms with Crippen LogP contribution in [-0.4, -0.2) is 23.2 Å². The van der Waals surface area contributed by atoms with Crippen molar-refractivity contribution in [2.45, 2.75) is 18.9 Å². The minimum atomic E-state index is -1.78. The Labute approximate surface area is 150 Å². The third-order valence-corrected chi connectivity index (χ3v) is 3.90. The third-order valence-electron chi connectivity index (χ3n) is 3.59. The van der Waals surface area contributed by atoms with Crippen LogP contribution in [0.4, 0.5) is 5.69 Å². The maximum atomic E-state index is 12.2. The van der Waals surface area contributed by atoms with Gasteiger partial charge in [0.05, 0.1) is 22.6 Å². The number of amides is 1. The van der Waals surface area contributed by atoms with Crippen LogP contribution in [0.25, 0.3) is 0 Å². The SMILES string of the molecule is C[C@](O)(COC1=CCC(C#N)C=C1)C(=O)Nc1ccc(C#N)c(Cl)c1. The minimum absolute atomic E-state index is 0.183. The summed E-state index contributed by atoms with van der Waals surface area (Å²) in [7, 11) is 0. The van der Waals surface area contributed by atoms with E-state index >= 15 is 0 Å². The molecule has 2 rings (SSSR count). The Morgan fingerprint density at radius 1 is 1.52 bits per heavy atom. The number of allylic oxidation sites excluding steroid dienone is 3. The van der Waals surface area contributed by atoms with E-state index in [-0.39, 0.29) is 17.5 Å². The average Bonchev–Trinajstić information content (AvgIpc) is 2.60. The number of ether oxygens (including phenoxy) is 1. The van der Waals surface area contributed by atoms with Gasteiger partial charge < -0.3 is 15.2 Å². The molecule has 0 radical (unpaired) electrons. The van der Waals surface area contributed by atoms with Crippen LogP contribution in [0.3, 0.4) is 0 Å². The molecule has 6 nitrogen and oxygen atoms in total. The second-order valence-corrected chi connectivity index (χ2v) is 6.17. The topological polar surface area (TPSA) is 106 Å². The molecule has 1 aliphatic carbocycles. The summed E-state index contributed by atoms with van der Waals surface area (Å²) >= 11 is 5.91. The lowest BCUT2D eigenvalue weighted by atomic mass is 10.0. The molecule has 0 saturated carbocycles. The molecule has 0 saturated heterocycles. The molecule has 0 bridgehead atoms. The summed E-state index contributed by atoms with van der Waals surface area (Å²) in [5, 5.41) is 30.7. The van der Waals surface area contributed by atoms with Gasteiger partial charge in [0, 0.05) is 5.69 Å². The fourth-order valence-corrected chi connectivity index (χ4v) is 2.26. The van der Waals surface area contributed by atoms with Gasteiger partial charge in [-0.1, -0.05) is 17.7 Å². The first-order valence-corrected chi connectivity index (χ1v) is 7.88. The molecule has 7 heteroatoms. The largest absolute Gasteiger partial charge is 0.490 e. The highest BCUT2D eigenvalue weighted by molar-refractivity contribution is 6.32. The lowest BCUT2D eigenvalue weighted by Gasteiger charge is -2.23. The number of hydrogen-bond donors (Lipinski definition) is 2. The number of halogens is 1. The molecular weight excluding hydrogens is 342 g/mol. The summed E-state index contributed by atoms with van der Waals surface area (Å²) in [6.07, 6.45) is 5.62. The summed E-state index contributed by atoms with van der Waals surface area (Å²) < 4.78 is 5.44. The molecule has 1 aromatic carbocycles. The number of carbonyl (C=O) groups excluding carboxylic acids is 1. The molecule has 2 atom stereocenters. The van der Waals surface area contributed by atoms with Gasteiger partial charge in [-0.25, -0.2) is 0 Å². The molecule has 0 spiro atoms. The van der Waals surface area contributed by atoms with Crippen LogP contribution >= 0.6 is 11.6 Å². The van der Waals surface area contributed by atoms with E-state index in [0.29, 0.717) is 23.4 Å². The van der Waals surface area contributed by atoms with E-state index in [2.05, 4.69) is 11.4 Å². The lowest BCUT2D eigenvalue weighted by molar-refractivity contribution is -0.136. The van der Waals surface area contributed by atoms with Gasteiger partial charge in [0.25, 0.3) is 5.91 Å². The predicted molar refractivity (Wildman–Crippen MR) is 92.3 cm³/mol. The fourth-order valence-electron chi connectivity index (χ4n) is 2.04. The summed E-state index contributed by atoms with van der Waals surface area (Å²) in [6, 6.07) is 8.48. The van der Waals surface area contributed by atoms with Crippen molar-refractivity contribution in [2.24, 2.45) is 5.92 Å². The summed E-state index contributed by atoms with van der Waals surface area (Å²) in [5.74, 6) is -0.346. The number of benzene rings is 1.